The van der Waals surface area contributed by atoms with Crippen LogP contribution in [0.15, 0.2) is 77.5 Å². The first-order valence-corrected chi connectivity index (χ1v) is 12.5. The van der Waals surface area contributed by atoms with Gasteiger partial charge in [0.15, 0.2) is 0 Å². The van der Waals surface area contributed by atoms with Crippen molar-refractivity contribution in [2.24, 2.45) is 5.92 Å². The van der Waals surface area contributed by atoms with Crippen LogP contribution in [0.5, 0.6) is 0 Å². The van der Waals surface area contributed by atoms with Crippen molar-refractivity contribution in [3.63, 3.8) is 0 Å². The maximum absolute atomic E-state index is 13.3. The zero-order valence-corrected chi connectivity index (χ0v) is 20.6. The van der Waals surface area contributed by atoms with E-state index in [0.717, 1.165) is 24.6 Å². The molecule has 0 atom stereocenters. The highest BCUT2D eigenvalue weighted by atomic mass is 16.3. The summed E-state index contributed by atoms with van der Waals surface area (Å²) >= 11 is 0. The SMILES string of the molecule is Cc1cc(C(=O)Nc2ccc(-c3ccccc3CNCC3CC3)cc2)n(-c2coc3ccnc(N)c23)n1. The number of aromatic nitrogens is 3. The van der Waals surface area contributed by atoms with E-state index in [2.05, 4.69) is 45.0 Å². The number of hydrogen-bond donors (Lipinski definition) is 3. The molecule has 1 aliphatic rings. The Labute approximate surface area is 214 Å². The van der Waals surface area contributed by atoms with Gasteiger partial charge < -0.3 is 20.8 Å². The molecule has 3 aromatic heterocycles. The van der Waals surface area contributed by atoms with Crippen LogP contribution in [0, 0.1) is 12.8 Å². The van der Waals surface area contributed by atoms with Crippen LogP contribution >= 0.6 is 0 Å². The van der Waals surface area contributed by atoms with Gasteiger partial charge in [-0.1, -0.05) is 36.4 Å². The number of nitrogens with one attached hydrogen (secondary N) is 2. The van der Waals surface area contributed by atoms with Crippen molar-refractivity contribution in [1.82, 2.24) is 20.1 Å². The summed E-state index contributed by atoms with van der Waals surface area (Å²) in [6.45, 7) is 3.76. The number of fused-ring (bicyclic) bond motifs is 1. The van der Waals surface area contributed by atoms with Gasteiger partial charge >= 0.3 is 0 Å². The predicted molar refractivity (Wildman–Crippen MR) is 145 cm³/mol. The summed E-state index contributed by atoms with van der Waals surface area (Å²) in [5.41, 5.74) is 12.6. The van der Waals surface area contributed by atoms with Crippen LogP contribution in [0.25, 0.3) is 27.8 Å². The van der Waals surface area contributed by atoms with Crippen LogP contribution in [0.1, 0.15) is 34.6 Å². The molecule has 0 saturated heterocycles. The van der Waals surface area contributed by atoms with Gasteiger partial charge in [0.25, 0.3) is 5.91 Å². The highest BCUT2D eigenvalue weighted by Crippen LogP contribution is 2.30. The minimum atomic E-state index is -0.283. The third-order valence-electron chi connectivity index (χ3n) is 6.70. The van der Waals surface area contributed by atoms with Gasteiger partial charge in [0.05, 0.1) is 11.1 Å². The normalized spacial score (nSPS) is 13.2. The Hall–Kier alpha value is -4.43. The fourth-order valence-electron chi connectivity index (χ4n) is 4.61. The summed E-state index contributed by atoms with van der Waals surface area (Å²) in [4.78, 5) is 17.4. The maximum atomic E-state index is 13.3. The lowest BCUT2D eigenvalue weighted by atomic mass is 9.99. The van der Waals surface area contributed by atoms with E-state index in [1.165, 1.54) is 30.2 Å². The van der Waals surface area contributed by atoms with Gasteiger partial charge in [0, 0.05) is 18.4 Å². The average molecular weight is 493 g/mol. The van der Waals surface area contributed by atoms with E-state index in [4.69, 9.17) is 10.2 Å². The van der Waals surface area contributed by atoms with E-state index in [9.17, 15) is 4.79 Å². The molecule has 186 valence electrons. The van der Waals surface area contributed by atoms with Crippen LogP contribution < -0.4 is 16.4 Å². The van der Waals surface area contributed by atoms with Crippen LogP contribution in [0.4, 0.5) is 11.5 Å². The molecule has 2 aromatic carbocycles. The van der Waals surface area contributed by atoms with Crippen molar-refractivity contribution < 1.29 is 9.21 Å². The molecular weight excluding hydrogens is 464 g/mol. The third kappa shape index (κ3) is 4.71. The molecule has 8 heteroatoms. The van der Waals surface area contributed by atoms with E-state index < -0.39 is 0 Å². The molecule has 6 rings (SSSR count). The van der Waals surface area contributed by atoms with Gasteiger partial charge in [0.1, 0.15) is 29.0 Å². The Morgan fingerprint density at radius 2 is 1.95 bits per heavy atom. The number of carbonyl (C=O) groups excluding carboxylic acids is 1. The zero-order chi connectivity index (χ0) is 25.4. The lowest BCUT2D eigenvalue weighted by Crippen LogP contribution is -2.17. The number of amides is 1. The Balaban J connectivity index is 1.22. The largest absolute Gasteiger partial charge is 0.462 e. The van der Waals surface area contributed by atoms with Crippen LogP contribution in [0.3, 0.4) is 0 Å². The maximum Gasteiger partial charge on any atom is 0.274 e. The van der Waals surface area contributed by atoms with Gasteiger partial charge in [0.2, 0.25) is 0 Å². The number of nitrogen functional groups attached to an aromatic ring is 1. The summed E-state index contributed by atoms with van der Waals surface area (Å²) in [6, 6.07) is 19.8. The smallest absolute Gasteiger partial charge is 0.274 e. The lowest BCUT2D eigenvalue weighted by molar-refractivity contribution is 0.101. The first-order valence-electron chi connectivity index (χ1n) is 12.5. The molecule has 1 fully saturated rings. The standard InChI is InChI=1S/C29H28N6O2/c1-18-14-24(35(34-18)25-17-37-26-12-13-32-28(30)27(25)26)29(36)33-22-10-8-20(9-11-22)23-5-3-2-4-21(23)16-31-15-19-6-7-19/h2-5,8-14,17,19,31H,6-7,15-16H2,1H3,(H2,30,32)(H,33,36). The van der Waals surface area contributed by atoms with Crippen molar-refractivity contribution in [2.75, 3.05) is 17.6 Å². The quantitative estimate of drug-likeness (QED) is 0.270. The van der Waals surface area contributed by atoms with Crippen molar-refractivity contribution in [3.05, 3.63) is 90.1 Å². The van der Waals surface area contributed by atoms with Gasteiger partial charge in [-0.3, -0.25) is 4.79 Å². The number of carbonyl (C=O) groups is 1. The molecule has 0 aliphatic heterocycles. The van der Waals surface area contributed by atoms with Crippen molar-refractivity contribution in [2.45, 2.75) is 26.3 Å². The number of nitrogens with two attached hydrogens (primary N) is 1. The first kappa shape index (κ1) is 23.0. The van der Waals surface area contributed by atoms with E-state index in [1.54, 1.807) is 23.0 Å². The predicted octanol–water partition coefficient (Wildman–Crippen LogP) is 5.32. The molecule has 0 spiro atoms. The highest BCUT2D eigenvalue weighted by molar-refractivity contribution is 6.04. The second-order valence-corrected chi connectivity index (χ2v) is 9.54. The second-order valence-electron chi connectivity index (χ2n) is 9.54. The van der Waals surface area contributed by atoms with E-state index >= 15 is 0 Å². The van der Waals surface area contributed by atoms with Crippen molar-refractivity contribution in [3.8, 4) is 16.8 Å². The second kappa shape index (κ2) is 9.55. The molecule has 5 aromatic rings. The number of anilines is 2. The Bertz CT molecular complexity index is 1580. The summed E-state index contributed by atoms with van der Waals surface area (Å²) in [5, 5.41) is 11.7. The number of nitrogens with zero attached hydrogens (tertiary/aromatic N) is 3. The molecule has 1 amide bonds. The molecule has 0 radical (unpaired) electrons. The van der Waals surface area contributed by atoms with E-state index in [-0.39, 0.29) is 5.91 Å². The van der Waals surface area contributed by atoms with Gasteiger partial charge in [-0.2, -0.15) is 5.10 Å². The first-order chi connectivity index (χ1) is 18.1. The molecule has 3 heterocycles. The van der Waals surface area contributed by atoms with Gasteiger partial charge in [-0.25, -0.2) is 9.67 Å². The van der Waals surface area contributed by atoms with Crippen molar-refractivity contribution in [1.29, 1.82) is 0 Å². The summed E-state index contributed by atoms with van der Waals surface area (Å²) in [5.74, 6) is 0.880. The molecule has 4 N–H and O–H groups in total. The average Bonchev–Trinajstić information content (AvgIpc) is 3.49. The van der Waals surface area contributed by atoms with Crippen LogP contribution in [0.2, 0.25) is 0 Å². The molecule has 0 bridgehead atoms. The van der Waals surface area contributed by atoms with Gasteiger partial charge in [-0.15, -0.1) is 0 Å². The molecule has 8 nitrogen and oxygen atoms in total. The molecule has 0 unspecified atom stereocenters. The zero-order valence-electron chi connectivity index (χ0n) is 20.6. The van der Waals surface area contributed by atoms with Crippen LogP contribution in [-0.2, 0) is 6.54 Å². The number of pyridine rings is 1. The Morgan fingerprint density at radius 3 is 2.76 bits per heavy atom. The van der Waals surface area contributed by atoms with E-state index in [0.29, 0.717) is 39.5 Å². The van der Waals surface area contributed by atoms with Crippen molar-refractivity contribution >= 4 is 28.4 Å². The fraction of sp³-hybridized carbons (Fsp3) is 0.207. The third-order valence-corrected chi connectivity index (χ3v) is 6.70. The minimum absolute atomic E-state index is 0.283. The van der Waals surface area contributed by atoms with E-state index in [1.807, 2.05) is 31.2 Å². The summed E-state index contributed by atoms with van der Waals surface area (Å²) < 4.78 is 7.18. The van der Waals surface area contributed by atoms with Gasteiger partial charge in [-0.05, 0) is 73.2 Å². The molecule has 1 saturated carbocycles. The number of furan rings is 1. The number of benzene rings is 2. The molecular formula is C29H28N6O2. The summed E-state index contributed by atoms with van der Waals surface area (Å²) in [7, 11) is 0. The highest BCUT2D eigenvalue weighted by Gasteiger charge is 2.21. The minimum Gasteiger partial charge on any atom is -0.462 e. The molecule has 1 aliphatic carbocycles. The lowest BCUT2D eigenvalue weighted by Gasteiger charge is -2.12. The number of hydrogen-bond acceptors (Lipinski definition) is 6. The number of rotatable bonds is 8. The topological polar surface area (TPSA) is 111 Å². The Kier molecular flexibility index (Phi) is 5.94. The fourth-order valence-corrected chi connectivity index (χ4v) is 4.61. The summed E-state index contributed by atoms with van der Waals surface area (Å²) in [6.07, 6.45) is 5.80. The molecule has 37 heavy (non-hydrogen) atoms. The number of aryl methyl sites for hydroxylation is 1. The van der Waals surface area contributed by atoms with Crippen LogP contribution in [-0.4, -0.2) is 27.2 Å². The Morgan fingerprint density at radius 1 is 1.14 bits per heavy atom. The monoisotopic (exact) mass is 492 g/mol.